The van der Waals surface area contributed by atoms with Crippen LogP contribution in [0.2, 0.25) is 0 Å². The van der Waals surface area contributed by atoms with E-state index in [0.717, 1.165) is 37.4 Å². The van der Waals surface area contributed by atoms with Crippen LogP contribution in [0.4, 0.5) is 5.82 Å². The van der Waals surface area contributed by atoms with E-state index in [0.29, 0.717) is 6.04 Å². The van der Waals surface area contributed by atoms with Crippen molar-refractivity contribution in [2.75, 3.05) is 25.5 Å². The lowest BCUT2D eigenvalue weighted by molar-refractivity contribution is -0.114. The van der Waals surface area contributed by atoms with Gasteiger partial charge in [-0.25, -0.2) is 4.68 Å². The maximum absolute atomic E-state index is 11.4. The molecule has 20 heavy (non-hydrogen) atoms. The first kappa shape index (κ1) is 15.0. The van der Waals surface area contributed by atoms with E-state index in [4.69, 9.17) is 5.10 Å². The van der Waals surface area contributed by atoms with Crippen molar-refractivity contribution in [3.8, 4) is 0 Å². The van der Waals surface area contributed by atoms with Gasteiger partial charge < -0.3 is 10.2 Å². The van der Waals surface area contributed by atoms with Gasteiger partial charge in [-0.1, -0.05) is 20.8 Å². The van der Waals surface area contributed by atoms with Gasteiger partial charge in [0.25, 0.3) is 0 Å². The molecule has 0 saturated carbocycles. The number of likely N-dealkylation sites (tertiary alicyclic amines) is 1. The number of nitrogens with zero attached hydrogens (tertiary/aromatic N) is 3. The minimum atomic E-state index is -0.0421. The second-order valence-electron chi connectivity index (χ2n) is 6.83. The van der Waals surface area contributed by atoms with Gasteiger partial charge in [0.2, 0.25) is 5.91 Å². The molecule has 1 fully saturated rings. The van der Waals surface area contributed by atoms with E-state index in [1.165, 1.54) is 0 Å². The summed E-state index contributed by atoms with van der Waals surface area (Å²) in [5.41, 5.74) is 1.02. The summed E-state index contributed by atoms with van der Waals surface area (Å²) < 4.78 is 2.02. The molecule has 2 heterocycles. The van der Waals surface area contributed by atoms with Gasteiger partial charge in [0, 0.05) is 18.4 Å². The lowest BCUT2D eigenvalue weighted by atomic mass is 9.92. The number of carbonyl (C=O) groups excluding carboxylic acids is 1. The highest BCUT2D eigenvalue weighted by Gasteiger charge is 2.25. The lowest BCUT2D eigenvalue weighted by Gasteiger charge is -2.30. The van der Waals surface area contributed by atoms with Gasteiger partial charge in [-0.3, -0.25) is 4.79 Å². The fraction of sp³-hybridized carbons (Fsp3) is 0.733. The van der Waals surface area contributed by atoms with Crippen LogP contribution in [0.5, 0.6) is 0 Å². The van der Waals surface area contributed by atoms with Crippen LogP contribution < -0.4 is 5.32 Å². The first-order valence-electron chi connectivity index (χ1n) is 7.33. The van der Waals surface area contributed by atoms with Crippen LogP contribution in [0.3, 0.4) is 0 Å². The Kier molecular flexibility index (Phi) is 4.18. The molecular formula is C15H26N4O. The average molecular weight is 278 g/mol. The fourth-order valence-electron chi connectivity index (χ4n) is 2.55. The molecule has 1 aromatic heterocycles. The first-order valence-corrected chi connectivity index (χ1v) is 7.33. The third-order valence-corrected chi connectivity index (χ3v) is 3.84. The third kappa shape index (κ3) is 3.39. The van der Waals surface area contributed by atoms with E-state index >= 15 is 0 Å². The van der Waals surface area contributed by atoms with Crippen molar-refractivity contribution in [2.45, 2.75) is 52.0 Å². The van der Waals surface area contributed by atoms with E-state index < -0.39 is 0 Å². The molecule has 0 unspecified atom stereocenters. The van der Waals surface area contributed by atoms with Gasteiger partial charge in [0.05, 0.1) is 11.7 Å². The molecule has 1 saturated heterocycles. The number of hydrogen-bond acceptors (Lipinski definition) is 3. The Labute approximate surface area is 121 Å². The molecular weight excluding hydrogens is 252 g/mol. The average Bonchev–Trinajstić information content (AvgIpc) is 2.73. The molecule has 1 aromatic rings. The van der Waals surface area contributed by atoms with Crippen LogP contribution in [0.25, 0.3) is 0 Å². The molecule has 1 amide bonds. The second kappa shape index (κ2) is 5.56. The Morgan fingerprint density at radius 2 is 1.95 bits per heavy atom. The number of amides is 1. The topological polar surface area (TPSA) is 50.2 Å². The molecule has 0 spiro atoms. The van der Waals surface area contributed by atoms with Crippen molar-refractivity contribution < 1.29 is 4.79 Å². The zero-order chi connectivity index (χ0) is 14.9. The van der Waals surface area contributed by atoms with Crippen LogP contribution >= 0.6 is 0 Å². The number of aromatic nitrogens is 2. The van der Waals surface area contributed by atoms with E-state index in [2.05, 4.69) is 38.0 Å². The highest BCUT2D eigenvalue weighted by molar-refractivity contribution is 5.87. The Morgan fingerprint density at radius 1 is 1.35 bits per heavy atom. The SMILES string of the molecule is CC(=O)Nc1cc(C(C)(C)C)nn1C1CCN(C)CC1. The summed E-state index contributed by atoms with van der Waals surface area (Å²) in [5, 5.41) is 7.69. The largest absolute Gasteiger partial charge is 0.311 e. The molecule has 1 aliphatic heterocycles. The normalized spacial score (nSPS) is 18.2. The van der Waals surface area contributed by atoms with E-state index in [1.54, 1.807) is 6.92 Å². The summed E-state index contributed by atoms with van der Waals surface area (Å²) in [6.45, 7) is 10.1. The van der Waals surface area contributed by atoms with E-state index in [1.807, 2.05) is 10.7 Å². The summed E-state index contributed by atoms with van der Waals surface area (Å²) in [6, 6.07) is 2.39. The molecule has 0 aromatic carbocycles. The Hall–Kier alpha value is -1.36. The number of anilines is 1. The summed E-state index contributed by atoms with van der Waals surface area (Å²) in [7, 11) is 2.15. The van der Waals surface area contributed by atoms with E-state index in [-0.39, 0.29) is 11.3 Å². The van der Waals surface area contributed by atoms with Gasteiger partial charge in [-0.15, -0.1) is 0 Å². The minimum Gasteiger partial charge on any atom is -0.311 e. The van der Waals surface area contributed by atoms with Crippen molar-refractivity contribution in [1.82, 2.24) is 14.7 Å². The molecule has 1 aliphatic rings. The van der Waals surface area contributed by atoms with Gasteiger partial charge in [0.15, 0.2) is 0 Å². The van der Waals surface area contributed by atoms with Crippen molar-refractivity contribution >= 4 is 11.7 Å². The number of hydrogen-bond donors (Lipinski definition) is 1. The fourth-order valence-corrected chi connectivity index (χ4v) is 2.55. The van der Waals surface area contributed by atoms with Gasteiger partial charge in [-0.05, 0) is 33.0 Å². The number of nitrogens with one attached hydrogen (secondary N) is 1. The monoisotopic (exact) mass is 278 g/mol. The Bertz CT molecular complexity index is 479. The standard InChI is InChI=1S/C15H26N4O/c1-11(20)16-14-10-13(15(2,3)4)17-19(14)12-6-8-18(5)9-7-12/h10,12H,6-9H2,1-5H3,(H,16,20). The van der Waals surface area contributed by atoms with Crippen molar-refractivity contribution in [3.05, 3.63) is 11.8 Å². The quantitative estimate of drug-likeness (QED) is 0.904. The molecule has 5 nitrogen and oxygen atoms in total. The maximum atomic E-state index is 11.4. The summed E-state index contributed by atoms with van der Waals surface area (Å²) >= 11 is 0. The maximum Gasteiger partial charge on any atom is 0.222 e. The second-order valence-corrected chi connectivity index (χ2v) is 6.83. The highest BCUT2D eigenvalue weighted by Crippen LogP contribution is 2.30. The summed E-state index contributed by atoms with van der Waals surface area (Å²) in [4.78, 5) is 13.7. The van der Waals surface area contributed by atoms with Crippen LogP contribution in [0, 0.1) is 0 Å². The Morgan fingerprint density at radius 3 is 2.45 bits per heavy atom. The molecule has 112 valence electrons. The summed E-state index contributed by atoms with van der Waals surface area (Å²) in [5.74, 6) is 0.788. The number of rotatable bonds is 2. The van der Waals surface area contributed by atoms with Crippen LogP contribution in [0.15, 0.2) is 6.07 Å². The van der Waals surface area contributed by atoms with Gasteiger partial charge in [-0.2, -0.15) is 5.10 Å². The number of carbonyl (C=O) groups is 1. The molecule has 2 rings (SSSR count). The van der Waals surface area contributed by atoms with Crippen molar-refractivity contribution in [3.63, 3.8) is 0 Å². The predicted octanol–water partition coefficient (Wildman–Crippen LogP) is 2.41. The first-order chi connectivity index (χ1) is 9.27. The minimum absolute atomic E-state index is 0.00999. The smallest absolute Gasteiger partial charge is 0.222 e. The third-order valence-electron chi connectivity index (χ3n) is 3.84. The summed E-state index contributed by atoms with van der Waals surface area (Å²) in [6.07, 6.45) is 2.16. The predicted molar refractivity (Wildman–Crippen MR) is 81.0 cm³/mol. The lowest BCUT2D eigenvalue weighted by Crippen LogP contribution is -2.32. The Balaban J connectivity index is 2.29. The van der Waals surface area contributed by atoms with Crippen LogP contribution in [-0.4, -0.2) is 40.7 Å². The highest BCUT2D eigenvalue weighted by atomic mass is 16.1. The zero-order valence-electron chi connectivity index (χ0n) is 13.2. The molecule has 0 radical (unpaired) electrons. The molecule has 5 heteroatoms. The zero-order valence-corrected chi connectivity index (χ0v) is 13.2. The molecule has 1 N–H and O–H groups in total. The molecule has 0 aliphatic carbocycles. The van der Waals surface area contributed by atoms with Crippen molar-refractivity contribution in [1.29, 1.82) is 0 Å². The number of piperidine rings is 1. The van der Waals surface area contributed by atoms with Gasteiger partial charge >= 0.3 is 0 Å². The molecule has 0 atom stereocenters. The van der Waals surface area contributed by atoms with Crippen LogP contribution in [-0.2, 0) is 10.2 Å². The van der Waals surface area contributed by atoms with E-state index in [9.17, 15) is 4.79 Å². The van der Waals surface area contributed by atoms with Gasteiger partial charge in [0.1, 0.15) is 5.82 Å². The van der Waals surface area contributed by atoms with Crippen molar-refractivity contribution in [2.24, 2.45) is 0 Å². The van der Waals surface area contributed by atoms with Crippen LogP contribution in [0.1, 0.15) is 52.3 Å². The molecule has 0 bridgehead atoms.